The van der Waals surface area contributed by atoms with E-state index < -0.39 is 0 Å². The zero-order chi connectivity index (χ0) is 13.5. The van der Waals surface area contributed by atoms with E-state index in [0.717, 1.165) is 16.5 Å². The highest BCUT2D eigenvalue weighted by molar-refractivity contribution is 5.98. The largest absolute Gasteiger partial charge is 0.361 e. The fourth-order valence-electron chi connectivity index (χ4n) is 2.56. The van der Waals surface area contributed by atoms with Crippen LogP contribution in [0, 0.1) is 0 Å². The standard InChI is InChI=1S/C14H13N5O/c20-14(11-2-1-10-3-4-15-13(10)7-11)18-8-12(9-18)19-6-5-16-17-19/h1-7,12,15H,8-9H2. The van der Waals surface area contributed by atoms with E-state index in [-0.39, 0.29) is 11.9 Å². The number of carbonyl (C=O) groups excluding carboxylic acids is 1. The Morgan fingerprint density at radius 1 is 1.30 bits per heavy atom. The van der Waals surface area contributed by atoms with Crippen LogP contribution in [0.3, 0.4) is 0 Å². The Morgan fingerprint density at radius 3 is 3.00 bits per heavy atom. The van der Waals surface area contributed by atoms with Crippen molar-refractivity contribution in [3.63, 3.8) is 0 Å². The molecular formula is C14H13N5O. The van der Waals surface area contributed by atoms with Crippen molar-refractivity contribution >= 4 is 16.8 Å². The van der Waals surface area contributed by atoms with Crippen molar-refractivity contribution in [2.75, 3.05) is 13.1 Å². The molecule has 0 bridgehead atoms. The van der Waals surface area contributed by atoms with Gasteiger partial charge in [-0.25, -0.2) is 4.68 Å². The minimum absolute atomic E-state index is 0.0675. The predicted octanol–water partition coefficient (Wildman–Crippen LogP) is 1.46. The first-order valence-corrected chi connectivity index (χ1v) is 6.53. The number of hydrogen-bond donors (Lipinski definition) is 1. The second-order valence-electron chi connectivity index (χ2n) is 5.03. The number of aromatic nitrogens is 4. The lowest BCUT2D eigenvalue weighted by molar-refractivity contribution is 0.0498. The van der Waals surface area contributed by atoms with Gasteiger partial charge >= 0.3 is 0 Å². The zero-order valence-corrected chi connectivity index (χ0v) is 10.7. The van der Waals surface area contributed by atoms with E-state index in [1.165, 1.54) is 0 Å². The fraction of sp³-hybridized carbons (Fsp3) is 0.214. The average Bonchev–Trinajstić information content (AvgIpc) is 3.06. The molecule has 0 radical (unpaired) electrons. The summed E-state index contributed by atoms with van der Waals surface area (Å²) < 4.78 is 1.80. The van der Waals surface area contributed by atoms with Gasteiger partial charge in [0, 0.05) is 36.6 Å². The number of carbonyl (C=O) groups is 1. The first kappa shape index (κ1) is 11.2. The van der Waals surface area contributed by atoms with Crippen LogP contribution >= 0.6 is 0 Å². The molecule has 0 saturated carbocycles. The molecule has 6 nitrogen and oxygen atoms in total. The van der Waals surface area contributed by atoms with Crippen LogP contribution in [0.5, 0.6) is 0 Å². The van der Waals surface area contributed by atoms with Crippen LogP contribution in [-0.4, -0.2) is 43.9 Å². The van der Waals surface area contributed by atoms with Crippen molar-refractivity contribution in [1.29, 1.82) is 0 Å². The van der Waals surface area contributed by atoms with Crippen LogP contribution in [0.4, 0.5) is 0 Å². The molecule has 3 heterocycles. The number of nitrogens with one attached hydrogen (secondary N) is 1. The maximum absolute atomic E-state index is 12.4. The van der Waals surface area contributed by atoms with E-state index in [1.807, 2.05) is 41.6 Å². The Bertz CT molecular complexity index is 755. The summed E-state index contributed by atoms with van der Waals surface area (Å²) in [6, 6.07) is 7.99. The molecule has 6 heteroatoms. The highest BCUT2D eigenvalue weighted by Gasteiger charge is 2.32. The van der Waals surface area contributed by atoms with Crippen LogP contribution in [0.2, 0.25) is 0 Å². The summed E-state index contributed by atoms with van der Waals surface area (Å²) in [5, 5.41) is 8.87. The SMILES string of the molecule is O=C(c1ccc2cc[nH]c2c1)N1CC(n2ccnn2)C1. The molecule has 20 heavy (non-hydrogen) atoms. The third-order valence-corrected chi connectivity index (χ3v) is 3.77. The number of aromatic amines is 1. The van der Waals surface area contributed by atoms with Gasteiger partial charge in [-0.15, -0.1) is 5.10 Å². The predicted molar refractivity (Wildman–Crippen MR) is 73.3 cm³/mol. The van der Waals surface area contributed by atoms with Crippen molar-refractivity contribution in [2.45, 2.75) is 6.04 Å². The molecule has 0 atom stereocenters. The summed E-state index contributed by atoms with van der Waals surface area (Å²) in [7, 11) is 0. The highest BCUT2D eigenvalue weighted by atomic mass is 16.2. The number of fused-ring (bicyclic) bond motifs is 1. The minimum atomic E-state index is 0.0675. The van der Waals surface area contributed by atoms with Gasteiger partial charge in [0.05, 0.1) is 12.2 Å². The van der Waals surface area contributed by atoms with Gasteiger partial charge in [-0.05, 0) is 23.6 Å². The Morgan fingerprint density at radius 2 is 2.20 bits per heavy atom. The summed E-state index contributed by atoms with van der Waals surface area (Å²) in [4.78, 5) is 17.3. The number of hydrogen-bond acceptors (Lipinski definition) is 3. The van der Waals surface area contributed by atoms with Gasteiger partial charge in [0.2, 0.25) is 0 Å². The topological polar surface area (TPSA) is 66.8 Å². The number of amides is 1. The first-order chi connectivity index (χ1) is 9.81. The average molecular weight is 267 g/mol. The van der Waals surface area contributed by atoms with E-state index in [4.69, 9.17) is 0 Å². The summed E-state index contributed by atoms with van der Waals surface area (Å²) in [6.45, 7) is 1.37. The van der Waals surface area contributed by atoms with E-state index >= 15 is 0 Å². The van der Waals surface area contributed by atoms with E-state index in [2.05, 4.69) is 15.3 Å². The lowest BCUT2D eigenvalue weighted by Crippen LogP contribution is -2.50. The van der Waals surface area contributed by atoms with Gasteiger partial charge in [-0.3, -0.25) is 4.79 Å². The fourth-order valence-corrected chi connectivity index (χ4v) is 2.56. The number of rotatable bonds is 2. The molecule has 3 aromatic rings. The molecule has 1 aliphatic heterocycles. The minimum Gasteiger partial charge on any atom is -0.361 e. The van der Waals surface area contributed by atoms with E-state index in [0.29, 0.717) is 13.1 Å². The maximum Gasteiger partial charge on any atom is 0.254 e. The molecule has 1 saturated heterocycles. The lowest BCUT2D eigenvalue weighted by Gasteiger charge is -2.38. The second kappa shape index (κ2) is 4.19. The highest BCUT2D eigenvalue weighted by Crippen LogP contribution is 2.23. The van der Waals surface area contributed by atoms with Crippen LogP contribution < -0.4 is 0 Å². The molecule has 1 amide bonds. The molecule has 1 aliphatic rings. The summed E-state index contributed by atoms with van der Waals surface area (Å²) in [5.41, 5.74) is 1.71. The number of H-pyrrole nitrogens is 1. The molecule has 0 aliphatic carbocycles. The monoisotopic (exact) mass is 267 g/mol. The van der Waals surface area contributed by atoms with Crippen LogP contribution in [0.15, 0.2) is 42.9 Å². The smallest absolute Gasteiger partial charge is 0.254 e. The van der Waals surface area contributed by atoms with Crippen molar-refractivity contribution in [2.24, 2.45) is 0 Å². The van der Waals surface area contributed by atoms with E-state index in [1.54, 1.807) is 10.9 Å². The molecule has 1 aromatic carbocycles. The van der Waals surface area contributed by atoms with Crippen LogP contribution in [0.25, 0.3) is 10.9 Å². The Balaban J connectivity index is 1.51. The van der Waals surface area contributed by atoms with Gasteiger partial charge in [0.15, 0.2) is 0 Å². The number of likely N-dealkylation sites (tertiary alicyclic amines) is 1. The molecule has 4 rings (SSSR count). The molecule has 0 unspecified atom stereocenters. The van der Waals surface area contributed by atoms with Crippen molar-refractivity contribution in [3.05, 3.63) is 48.4 Å². The summed E-state index contributed by atoms with van der Waals surface area (Å²) >= 11 is 0. The quantitative estimate of drug-likeness (QED) is 0.764. The number of nitrogens with zero attached hydrogens (tertiary/aromatic N) is 4. The normalized spacial score (nSPS) is 15.5. The second-order valence-corrected chi connectivity index (χ2v) is 5.03. The van der Waals surface area contributed by atoms with Crippen molar-refractivity contribution in [1.82, 2.24) is 24.9 Å². The summed E-state index contributed by atoms with van der Waals surface area (Å²) in [5.74, 6) is 0.0675. The van der Waals surface area contributed by atoms with Gasteiger partial charge in [-0.1, -0.05) is 11.3 Å². The first-order valence-electron chi connectivity index (χ1n) is 6.53. The third kappa shape index (κ3) is 1.69. The zero-order valence-electron chi connectivity index (χ0n) is 10.7. The van der Waals surface area contributed by atoms with Crippen molar-refractivity contribution < 1.29 is 4.79 Å². The van der Waals surface area contributed by atoms with Gasteiger partial charge in [-0.2, -0.15) is 0 Å². The molecule has 0 spiro atoms. The van der Waals surface area contributed by atoms with Gasteiger partial charge in [0.1, 0.15) is 0 Å². The van der Waals surface area contributed by atoms with Crippen LogP contribution in [0.1, 0.15) is 16.4 Å². The molecule has 1 fully saturated rings. The third-order valence-electron chi connectivity index (χ3n) is 3.77. The van der Waals surface area contributed by atoms with Gasteiger partial charge < -0.3 is 9.88 Å². The summed E-state index contributed by atoms with van der Waals surface area (Å²) in [6.07, 6.45) is 5.37. The Kier molecular flexibility index (Phi) is 2.35. The Hall–Kier alpha value is -2.63. The lowest BCUT2D eigenvalue weighted by atomic mass is 10.1. The van der Waals surface area contributed by atoms with E-state index in [9.17, 15) is 4.79 Å². The molecule has 2 aromatic heterocycles. The van der Waals surface area contributed by atoms with Crippen LogP contribution in [-0.2, 0) is 0 Å². The van der Waals surface area contributed by atoms with Gasteiger partial charge in [0.25, 0.3) is 5.91 Å². The molecular weight excluding hydrogens is 254 g/mol. The van der Waals surface area contributed by atoms with Crippen molar-refractivity contribution in [3.8, 4) is 0 Å². The Labute approximate surface area is 115 Å². The molecule has 100 valence electrons. The maximum atomic E-state index is 12.4. The number of benzene rings is 1. The molecule has 1 N–H and O–H groups in total.